The summed E-state index contributed by atoms with van der Waals surface area (Å²) >= 11 is 9.28. The molecule has 0 saturated carbocycles. The Hall–Kier alpha value is -1.09. The average Bonchev–Trinajstić information content (AvgIpc) is 2.49. The van der Waals surface area contributed by atoms with Gasteiger partial charge in [0.05, 0.1) is 4.90 Å². The summed E-state index contributed by atoms with van der Waals surface area (Å²) in [6.45, 7) is 5.52. The zero-order valence-corrected chi connectivity index (χ0v) is 18.6. The van der Waals surface area contributed by atoms with Crippen molar-refractivity contribution in [2.75, 3.05) is 6.26 Å². The van der Waals surface area contributed by atoms with Crippen molar-refractivity contribution in [1.82, 2.24) is 0 Å². The van der Waals surface area contributed by atoms with Crippen LogP contribution in [0.15, 0.2) is 44.6 Å². The first-order chi connectivity index (χ1) is 11.8. The molecule has 5 nitrogen and oxygen atoms in total. The van der Waals surface area contributed by atoms with Crippen LogP contribution >= 0.6 is 27.5 Å². The second kappa shape index (κ2) is 7.50. The second-order valence-corrected chi connectivity index (χ2v) is 11.0. The van der Waals surface area contributed by atoms with Gasteiger partial charge in [0.1, 0.15) is 10.6 Å². The van der Waals surface area contributed by atoms with Crippen molar-refractivity contribution in [3.8, 4) is 5.75 Å². The van der Waals surface area contributed by atoms with Crippen LogP contribution in [0.25, 0.3) is 0 Å². The lowest BCUT2D eigenvalue weighted by Crippen LogP contribution is -2.13. The van der Waals surface area contributed by atoms with Crippen molar-refractivity contribution in [3.63, 3.8) is 0 Å². The van der Waals surface area contributed by atoms with E-state index in [1.165, 1.54) is 12.1 Å². The highest BCUT2D eigenvalue weighted by Crippen LogP contribution is 2.35. The zero-order chi connectivity index (χ0) is 19.9. The van der Waals surface area contributed by atoms with Gasteiger partial charge in [0, 0.05) is 15.8 Å². The standard InChI is InChI=1S/C17H18BrClO5S2/c1-10(2)13-9-15(19)11(3)7-16(13)24-26(22,23)17-8-12(25(4,20)21)5-6-14(17)18/h5-10H,1-4H3. The summed E-state index contributed by atoms with van der Waals surface area (Å²) in [5.41, 5.74) is 1.31. The SMILES string of the molecule is Cc1cc(OS(=O)(=O)c2cc(S(C)(=O)=O)ccc2Br)c(C(C)C)cc1Cl. The summed E-state index contributed by atoms with van der Waals surface area (Å²) in [7, 11) is -7.83. The smallest absolute Gasteiger partial charge is 0.340 e. The fourth-order valence-corrected chi connectivity index (χ4v) is 5.05. The van der Waals surface area contributed by atoms with Crippen LogP contribution in [0.5, 0.6) is 5.75 Å². The highest BCUT2D eigenvalue weighted by molar-refractivity contribution is 9.10. The van der Waals surface area contributed by atoms with Crippen LogP contribution in [0, 0.1) is 6.92 Å². The van der Waals surface area contributed by atoms with Gasteiger partial charge in [0.2, 0.25) is 0 Å². The molecular formula is C17H18BrClO5S2. The average molecular weight is 482 g/mol. The van der Waals surface area contributed by atoms with E-state index in [1.54, 1.807) is 19.1 Å². The third kappa shape index (κ3) is 4.60. The quantitative estimate of drug-likeness (QED) is 0.578. The van der Waals surface area contributed by atoms with Gasteiger partial charge in [-0.1, -0.05) is 25.4 Å². The van der Waals surface area contributed by atoms with Gasteiger partial charge >= 0.3 is 10.1 Å². The van der Waals surface area contributed by atoms with Crippen molar-refractivity contribution >= 4 is 47.5 Å². The van der Waals surface area contributed by atoms with Crippen LogP contribution in [0.2, 0.25) is 5.02 Å². The van der Waals surface area contributed by atoms with Crippen LogP contribution in [0.4, 0.5) is 0 Å². The van der Waals surface area contributed by atoms with E-state index in [9.17, 15) is 16.8 Å². The zero-order valence-electron chi connectivity index (χ0n) is 14.6. The molecule has 0 heterocycles. The number of rotatable bonds is 5. The van der Waals surface area contributed by atoms with Gasteiger partial charge in [-0.05, 0) is 70.2 Å². The molecule has 0 fully saturated rings. The Kier molecular flexibility index (Phi) is 6.12. The fraction of sp³-hybridized carbons (Fsp3) is 0.294. The van der Waals surface area contributed by atoms with Crippen molar-refractivity contribution in [2.45, 2.75) is 36.5 Å². The molecule has 0 aliphatic carbocycles. The number of aryl methyl sites for hydroxylation is 1. The molecule has 0 unspecified atom stereocenters. The van der Waals surface area contributed by atoms with E-state index in [0.29, 0.717) is 16.1 Å². The van der Waals surface area contributed by atoms with Crippen molar-refractivity contribution in [3.05, 3.63) is 51.0 Å². The molecule has 0 radical (unpaired) electrons. The van der Waals surface area contributed by atoms with Crippen LogP contribution in [0.1, 0.15) is 30.9 Å². The summed E-state index contributed by atoms with van der Waals surface area (Å²) in [5.74, 6) is 0.141. The van der Waals surface area contributed by atoms with Crippen LogP contribution in [-0.4, -0.2) is 23.1 Å². The molecule has 26 heavy (non-hydrogen) atoms. The number of hydrogen-bond acceptors (Lipinski definition) is 5. The van der Waals surface area contributed by atoms with Gasteiger partial charge in [-0.2, -0.15) is 8.42 Å². The second-order valence-electron chi connectivity index (χ2n) is 6.20. The number of halogens is 2. The molecule has 0 atom stereocenters. The minimum Gasteiger partial charge on any atom is -0.379 e. The van der Waals surface area contributed by atoms with Gasteiger partial charge in [-0.25, -0.2) is 8.42 Å². The lowest BCUT2D eigenvalue weighted by atomic mass is 10.0. The van der Waals surface area contributed by atoms with Gasteiger partial charge in [0.25, 0.3) is 0 Å². The van der Waals surface area contributed by atoms with E-state index in [0.717, 1.165) is 12.3 Å². The van der Waals surface area contributed by atoms with E-state index in [4.69, 9.17) is 15.8 Å². The molecule has 0 bridgehead atoms. The third-order valence-electron chi connectivity index (χ3n) is 3.71. The Bertz CT molecular complexity index is 1060. The Morgan fingerprint density at radius 1 is 1.08 bits per heavy atom. The van der Waals surface area contributed by atoms with Crippen LogP contribution < -0.4 is 4.18 Å². The summed E-state index contributed by atoms with van der Waals surface area (Å²) in [6.07, 6.45) is 1.01. The van der Waals surface area contributed by atoms with E-state index in [1.807, 2.05) is 13.8 Å². The molecule has 0 aliphatic rings. The molecule has 2 rings (SSSR count). The molecule has 0 amide bonds. The van der Waals surface area contributed by atoms with Crippen LogP contribution in [0.3, 0.4) is 0 Å². The van der Waals surface area contributed by atoms with Gasteiger partial charge in [-0.3, -0.25) is 0 Å². The summed E-state index contributed by atoms with van der Waals surface area (Å²) < 4.78 is 54.6. The first kappa shape index (κ1) is 21.2. The van der Waals surface area contributed by atoms with E-state index in [-0.39, 0.29) is 25.9 Å². The highest BCUT2D eigenvalue weighted by atomic mass is 79.9. The Morgan fingerprint density at radius 2 is 1.69 bits per heavy atom. The monoisotopic (exact) mass is 480 g/mol. The van der Waals surface area contributed by atoms with Gasteiger partial charge in [-0.15, -0.1) is 0 Å². The lowest BCUT2D eigenvalue weighted by molar-refractivity contribution is 0.480. The maximum atomic E-state index is 12.8. The minimum atomic E-state index is -4.27. The van der Waals surface area contributed by atoms with Gasteiger partial charge in [0.15, 0.2) is 9.84 Å². The molecular weight excluding hydrogens is 464 g/mol. The highest BCUT2D eigenvalue weighted by Gasteiger charge is 2.25. The summed E-state index contributed by atoms with van der Waals surface area (Å²) in [5, 5.41) is 0.513. The van der Waals surface area contributed by atoms with E-state index < -0.39 is 20.0 Å². The Morgan fingerprint density at radius 3 is 2.23 bits per heavy atom. The van der Waals surface area contributed by atoms with Crippen molar-refractivity contribution in [1.29, 1.82) is 0 Å². The molecule has 142 valence electrons. The maximum Gasteiger partial charge on any atom is 0.340 e. The topological polar surface area (TPSA) is 77.5 Å². The van der Waals surface area contributed by atoms with Crippen LogP contribution in [-0.2, 0) is 20.0 Å². The molecule has 0 aromatic heterocycles. The lowest BCUT2D eigenvalue weighted by Gasteiger charge is -2.16. The molecule has 0 saturated heterocycles. The third-order valence-corrected chi connectivity index (χ3v) is 7.46. The van der Waals surface area contributed by atoms with Crippen molar-refractivity contribution in [2.24, 2.45) is 0 Å². The number of hydrogen-bond donors (Lipinski definition) is 0. The molecule has 2 aromatic carbocycles. The molecule has 0 N–H and O–H groups in total. The normalized spacial score (nSPS) is 12.4. The Labute approximate surface area is 167 Å². The predicted octanol–water partition coefficient (Wildman–Crippen LogP) is 4.71. The van der Waals surface area contributed by atoms with Crippen molar-refractivity contribution < 1.29 is 21.0 Å². The summed E-state index contributed by atoms with van der Waals surface area (Å²) in [4.78, 5) is -0.373. The largest absolute Gasteiger partial charge is 0.379 e. The predicted molar refractivity (Wildman–Crippen MR) is 105 cm³/mol. The van der Waals surface area contributed by atoms with E-state index in [2.05, 4.69) is 15.9 Å². The summed E-state index contributed by atoms with van der Waals surface area (Å²) in [6, 6.07) is 7.00. The molecule has 0 aliphatic heterocycles. The van der Waals surface area contributed by atoms with Gasteiger partial charge < -0.3 is 4.18 Å². The Balaban J connectivity index is 2.59. The first-order valence-corrected chi connectivity index (χ1v) is 12.0. The van der Waals surface area contributed by atoms with E-state index >= 15 is 0 Å². The molecule has 0 spiro atoms. The first-order valence-electron chi connectivity index (χ1n) is 7.57. The minimum absolute atomic E-state index is 0.0240. The maximum absolute atomic E-state index is 12.8. The molecule has 2 aromatic rings. The number of sulfone groups is 1. The number of benzene rings is 2. The fourth-order valence-electron chi connectivity index (χ4n) is 2.26. The molecule has 9 heteroatoms.